The Kier molecular flexibility index (Phi) is 14.4. The highest BCUT2D eigenvalue weighted by Gasteiger charge is 2.16. The lowest BCUT2D eigenvalue weighted by Gasteiger charge is -2.30. The Bertz CT molecular complexity index is 293. The highest BCUT2D eigenvalue weighted by atomic mass is 127. The summed E-state index contributed by atoms with van der Waals surface area (Å²) in [5, 5.41) is 6.75. The molecule has 6 nitrogen and oxygen atoms in total. The van der Waals surface area contributed by atoms with Gasteiger partial charge in [-0.3, -0.25) is 4.99 Å². The van der Waals surface area contributed by atoms with Crippen molar-refractivity contribution in [2.24, 2.45) is 10.9 Å². The summed E-state index contributed by atoms with van der Waals surface area (Å²) in [7, 11) is 5.70. The molecule has 1 aliphatic rings. The number of piperidine rings is 1. The Morgan fingerprint density at radius 3 is 2.77 bits per heavy atom. The van der Waals surface area contributed by atoms with E-state index in [2.05, 4.69) is 27.6 Å². The Morgan fingerprint density at radius 1 is 1.27 bits per heavy atom. The molecule has 2 N–H and O–H groups in total. The van der Waals surface area contributed by atoms with Gasteiger partial charge in [0.15, 0.2) is 5.96 Å². The van der Waals surface area contributed by atoms with Gasteiger partial charge in [0, 0.05) is 40.4 Å². The summed E-state index contributed by atoms with van der Waals surface area (Å²) in [5.41, 5.74) is 0. The van der Waals surface area contributed by atoms with E-state index in [-0.39, 0.29) is 24.0 Å². The summed E-state index contributed by atoms with van der Waals surface area (Å²) in [5.74, 6) is 1.61. The molecular weight excluding hydrogens is 395 g/mol. The number of halogens is 1. The lowest BCUT2D eigenvalue weighted by molar-refractivity contribution is 0.0698. The minimum absolute atomic E-state index is 0. The molecule has 0 aromatic rings. The average Bonchev–Trinajstić information content (AvgIpc) is 2.49. The van der Waals surface area contributed by atoms with E-state index in [0.717, 1.165) is 38.0 Å². The monoisotopic (exact) mass is 428 g/mol. The number of nitrogens with zero attached hydrogens (tertiary/aromatic N) is 2. The Labute approximate surface area is 152 Å². The van der Waals surface area contributed by atoms with Gasteiger partial charge in [-0.1, -0.05) is 0 Å². The molecule has 1 rings (SSSR count). The fourth-order valence-electron chi connectivity index (χ4n) is 2.53. The Balaban J connectivity index is 0.00000441. The summed E-state index contributed by atoms with van der Waals surface area (Å²) < 4.78 is 10.4. The van der Waals surface area contributed by atoms with E-state index >= 15 is 0 Å². The van der Waals surface area contributed by atoms with Gasteiger partial charge in [-0.25, -0.2) is 0 Å². The fraction of sp³-hybridized carbons (Fsp3) is 0.933. The molecule has 1 aliphatic heterocycles. The molecule has 0 radical (unpaired) electrons. The van der Waals surface area contributed by atoms with Gasteiger partial charge in [0.05, 0.1) is 13.2 Å². The molecule has 22 heavy (non-hydrogen) atoms. The van der Waals surface area contributed by atoms with Crippen LogP contribution in [0.4, 0.5) is 0 Å². The van der Waals surface area contributed by atoms with Gasteiger partial charge in [-0.15, -0.1) is 24.0 Å². The molecule has 1 heterocycles. The second-order valence-corrected chi connectivity index (χ2v) is 5.61. The SMILES string of the molecule is CN=C(NCCCOCCOC)NCC1CCCN(C)C1.I. The van der Waals surface area contributed by atoms with E-state index in [4.69, 9.17) is 9.47 Å². The van der Waals surface area contributed by atoms with Gasteiger partial charge >= 0.3 is 0 Å². The maximum Gasteiger partial charge on any atom is 0.190 e. The molecular formula is C15H33IN4O2. The topological polar surface area (TPSA) is 58.1 Å². The summed E-state index contributed by atoms with van der Waals surface area (Å²) >= 11 is 0. The first-order valence-electron chi connectivity index (χ1n) is 7.96. The normalized spacial score (nSPS) is 19.6. The van der Waals surface area contributed by atoms with E-state index in [0.29, 0.717) is 13.2 Å². The minimum atomic E-state index is 0. The van der Waals surface area contributed by atoms with Crippen LogP contribution in [0.2, 0.25) is 0 Å². The highest BCUT2D eigenvalue weighted by molar-refractivity contribution is 14.0. The fourth-order valence-corrected chi connectivity index (χ4v) is 2.53. The molecule has 0 spiro atoms. The van der Waals surface area contributed by atoms with Crippen LogP contribution in [0, 0.1) is 5.92 Å². The molecule has 0 saturated carbocycles. The van der Waals surface area contributed by atoms with Crippen molar-refractivity contribution in [3.05, 3.63) is 0 Å². The van der Waals surface area contributed by atoms with E-state index < -0.39 is 0 Å². The molecule has 0 aromatic carbocycles. The maximum atomic E-state index is 5.43. The molecule has 0 bridgehead atoms. The third-order valence-corrected chi connectivity index (χ3v) is 3.69. The number of aliphatic imine (C=N–C) groups is 1. The molecule has 1 fully saturated rings. The van der Waals surface area contributed by atoms with Gasteiger partial charge in [0.2, 0.25) is 0 Å². The third-order valence-electron chi connectivity index (χ3n) is 3.69. The smallest absolute Gasteiger partial charge is 0.190 e. The van der Waals surface area contributed by atoms with Crippen molar-refractivity contribution in [3.63, 3.8) is 0 Å². The summed E-state index contributed by atoms with van der Waals surface area (Å²) in [4.78, 5) is 6.66. The second kappa shape index (κ2) is 14.5. The zero-order valence-corrected chi connectivity index (χ0v) is 16.6. The number of rotatable bonds is 9. The number of likely N-dealkylation sites (tertiary alicyclic amines) is 1. The van der Waals surface area contributed by atoms with E-state index in [9.17, 15) is 0 Å². The van der Waals surface area contributed by atoms with Gasteiger partial charge in [0.1, 0.15) is 0 Å². The van der Waals surface area contributed by atoms with Crippen LogP contribution < -0.4 is 10.6 Å². The van der Waals surface area contributed by atoms with Crippen LogP contribution in [0.3, 0.4) is 0 Å². The van der Waals surface area contributed by atoms with Crippen molar-refractivity contribution in [1.29, 1.82) is 0 Å². The van der Waals surface area contributed by atoms with Crippen molar-refractivity contribution in [2.45, 2.75) is 19.3 Å². The number of methoxy groups -OCH3 is 1. The van der Waals surface area contributed by atoms with Crippen LogP contribution in [0.25, 0.3) is 0 Å². The summed E-state index contributed by atoms with van der Waals surface area (Å²) in [6, 6.07) is 0. The van der Waals surface area contributed by atoms with Crippen LogP contribution in [-0.4, -0.2) is 78.1 Å². The zero-order valence-electron chi connectivity index (χ0n) is 14.3. The van der Waals surface area contributed by atoms with Crippen LogP contribution in [0.1, 0.15) is 19.3 Å². The van der Waals surface area contributed by atoms with Crippen molar-refractivity contribution < 1.29 is 9.47 Å². The van der Waals surface area contributed by atoms with Gasteiger partial charge in [0.25, 0.3) is 0 Å². The number of hydrogen-bond acceptors (Lipinski definition) is 4. The highest BCUT2D eigenvalue weighted by Crippen LogP contribution is 2.13. The van der Waals surface area contributed by atoms with Gasteiger partial charge in [-0.2, -0.15) is 0 Å². The minimum Gasteiger partial charge on any atom is -0.382 e. The Morgan fingerprint density at radius 2 is 2.09 bits per heavy atom. The number of nitrogens with one attached hydrogen (secondary N) is 2. The van der Waals surface area contributed by atoms with Crippen molar-refractivity contribution in [3.8, 4) is 0 Å². The quantitative estimate of drug-likeness (QED) is 0.250. The predicted octanol–water partition coefficient (Wildman–Crippen LogP) is 1.16. The van der Waals surface area contributed by atoms with E-state index in [1.807, 2.05) is 7.05 Å². The first-order chi connectivity index (χ1) is 10.3. The molecule has 0 amide bonds. The number of guanidine groups is 1. The predicted molar refractivity (Wildman–Crippen MR) is 102 cm³/mol. The molecule has 1 unspecified atom stereocenters. The van der Waals surface area contributed by atoms with Crippen LogP contribution in [0.15, 0.2) is 4.99 Å². The van der Waals surface area contributed by atoms with Gasteiger partial charge < -0.3 is 25.0 Å². The lowest BCUT2D eigenvalue weighted by atomic mass is 9.99. The number of ether oxygens (including phenoxy) is 2. The summed E-state index contributed by atoms with van der Waals surface area (Å²) in [6.07, 6.45) is 3.58. The maximum absolute atomic E-state index is 5.43. The first-order valence-corrected chi connectivity index (χ1v) is 7.96. The largest absolute Gasteiger partial charge is 0.382 e. The molecule has 0 aromatic heterocycles. The summed E-state index contributed by atoms with van der Waals surface area (Å²) in [6.45, 7) is 6.35. The average molecular weight is 428 g/mol. The van der Waals surface area contributed by atoms with Crippen LogP contribution in [0.5, 0.6) is 0 Å². The molecule has 132 valence electrons. The van der Waals surface area contributed by atoms with Crippen molar-refractivity contribution in [1.82, 2.24) is 15.5 Å². The third kappa shape index (κ3) is 10.6. The van der Waals surface area contributed by atoms with Crippen LogP contribution in [-0.2, 0) is 9.47 Å². The first kappa shape index (κ1) is 21.9. The molecule has 0 aliphatic carbocycles. The lowest BCUT2D eigenvalue weighted by Crippen LogP contribution is -2.43. The Hall–Kier alpha value is -0.120. The zero-order chi connectivity index (χ0) is 15.3. The molecule has 1 saturated heterocycles. The van der Waals surface area contributed by atoms with Crippen molar-refractivity contribution >= 4 is 29.9 Å². The van der Waals surface area contributed by atoms with Gasteiger partial charge in [-0.05, 0) is 38.8 Å². The number of hydrogen-bond donors (Lipinski definition) is 2. The molecule has 1 atom stereocenters. The van der Waals surface area contributed by atoms with Crippen molar-refractivity contribution in [2.75, 3.05) is 67.2 Å². The molecule has 7 heteroatoms. The van der Waals surface area contributed by atoms with E-state index in [1.165, 1.54) is 25.9 Å². The second-order valence-electron chi connectivity index (χ2n) is 5.61. The van der Waals surface area contributed by atoms with Crippen LogP contribution >= 0.6 is 24.0 Å². The standard InChI is InChI=1S/C15H32N4O2.HI/c1-16-15(17-7-5-9-21-11-10-20-3)18-12-14-6-4-8-19(2)13-14;/h14H,4-13H2,1-3H3,(H2,16,17,18);1H. The van der Waals surface area contributed by atoms with E-state index in [1.54, 1.807) is 7.11 Å².